The monoisotopic (exact) mass is 197 g/mol. The number of aliphatic hydroxyl groups excluding tert-OH is 1. The van der Waals surface area contributed by atoms with E-state index in [0.717, 1.165) is 17.8 Å². The Morgan fingerprint density at radius 3 is 2.50 bits per heavy atom. The number of nitrogens with one attached hydrogen (secondary N) is 1. The number of aliphatic hydroxyl groups is 1. The minimum Gasteiger partial charge on any atom is -0.396 e. The van der Waals surface area contributed by atoms with Gasteiger partial charge in [0.15, 0.2) is 0 Å². The zero-order valence-corrected chi connectivity index (χ0v) is 9.33. The molecule has 2 N–H and O–H groups in total. The van der Waals surface area contributed by atoms with Crippen LogP contribution in [0.25, 0.3) is 0 Å². The molecule has 0 radical (unpaired) electrons. The van der Waals surface area contributed by atoms with Crippen molar-refractivity contribution < 1.29 is 5.11 Å². The predicted octanol–water partition coefficient (Wildman–Crippen LogP) is 0.680. The third-order valence-corrected chi connectivity index (χ3v) is 2.68. The number of hydrogen-bond donors (Lipinski definition) is 2. The summed E-state index contributed by atoms with van der Waals surface area (Å²) in [6, 6.07) is 0.202. The number of nitrogens with zero attached hydrogens (tertiary/aromatic N) is 2. The van der Waals surface area contributed by atoms with Crippen LogP contribution in [0.4, 0.5) is 0 Å². The van der Waals surface area contributed by atoms with Crippen LogP contribution < -0.4 is 5.32 Å². The lowest BCUT2D eigenvalue weighted by atomic mass is 10.0. The summed E-state index contributed by atoms with van der Waals surface area (Å²) in [4.78, 5) is 0. The Morgan fingerprint density at radius 2 is 2.14 bits per heavy atom. The van der Waals surface area contributed by atoms with Crippen molar-refractivity contribution >= 4 is 0 Å². The first-order valence-electron chi connectivity index (χ1n) is 4.90. The number of aryl methyl sites for hydroxylation is 2. The maximum absolute atomic E-state index is 8.95. The lowest BCUT2D eigenvalue weighted by Crippen LogP contribution is -2.19. The van der Waals surface area contributed by atoms with E-state index >= 15 is 0 Å². The van der Waals surface area contributed by atoms with Crippen LogP contribution in [0, 0.1) is 13.8 Å². The first kappa shape index (κ1) is 11.2. The van der Waals surface area contributed by atoms with Crippen molar-refractivity contribution in [2.45, 2.75) is 26.3 Å². The van der Waals surface area contributed by atoms with Crippen LogP contribution in [0.3, 0.4) is 0 Å². The summed E-state index contributed by atoms with van der Waals surface area (Å²) in [5, 5.41) is 16.5. The summed E-state index contributed by atoms with van der Waals surface area (Å²) in [6.07, 6.45) is 0.726. The lowest BCUT2D eigenvalue weighted by molar-refractivity contribution is 0.268. The molecular weight excluding hydrogens is 178 g/mol. The fourth-order valence-corrected chi connectivity index (χ4v) is 1.86. The van der Waals surface area contributed by atoms with Crippen LogP contribution in [0.15, 0.2) is 0 Å². The Kier molecular flexibility index (Phi) is 3.66. The zero-order chi connectivity index (χ0) is 10.7. The first-order valence-corrected chi connectivity index (χ1v) is 4.90. The average Bonchev–Trinajstić information content (AvgIpc) is 2.39. The maximum atomic E-state index is 8.95. The van der Waals surface area contributed by atoms with Gasteiger partial charge in [-0.25, -0.2) is 0 Å². The molecule has 0 saturated heterocycles. The molecule has 0 fully saturated rings. The van der Waals surface area contributed by atoms with E-state index in [-0.39, 0.29) is 12.6 Å². The molecular formula is C10H19N3O. The van der Waals surface area contributed by atoms with Gasteiger partial charge in [0.1, 0.15) is 0 Å². The summed E-state index contributed by atoms with van der Waals surface area (Å²) < 4.78 is 1.88. The second-order valence-electron chi connectivity index (χ2n) is 3.56. The van der Waals surface area contributed by atoms with Gasteiger partial charge in [-0.15, -0.1) is 0 Å². The van der Waals surface area contributed by atoms with Gasteiger partial charge in [0.05, 0.1) is 5.69 Å². The van der Waals surface area contributed by atoms with Gasteiger partial charge < -0.3 is 10.4 Å². The molecule has 0 aliphatic rings. The van der Waals surface area contributed by atoms with Gasteiger partial charge in [0.2, 0.25) is 0 Å². The topological polar surface area (TPSA) is 50.1 Å². The molecule has 1 aromatic heterocycles. The van der Waals surface area contributed by atoms with E-state index in [4.69, 9.17) is 5.11 Å². The molecule has 0 aromatic carbocycles. The van der Waals surface area contributed by atoms with E-state index in [1.807, 2.05) is 25.7 Å². The third kappa shape index (κ3) is 1.96. The predicted molar refractivity (Wildman–Crippen MR) is 56.2 cm³/mol. The molecule has 1 unspecified atom stereocenters. The van der Waals surface area contributed by atoms with Gasteiger partial charge in [-0.05, 0) is 27.3 Å². The van der Waals surface area contributed by atoms with Gasteiger partial charge in [-0.2, -0.15) is 5.10 Å². The molecule has 1 aromatic rings. The summed E-state index contributed by atoms with van der Waals surface area (Å²) in [7, 11) is 3.85. The fraction of sp³-hybridized carbons (Fsp3) is 0.700. The van der Waals surface area contributed by atoms with E-state index in [1.54, 1.807) is 0 Å². The molecule has 1 atom stereocenters. The highest BCUT2D eigenvalue weighted by atomic mass is 16.3. The van der Waals surface area contributed by atoms with Crippen molar-refractivity contribution in [1.82, 2.24) is 15.1 Å². The van der Waals surface area contributed by atoms with E-state index < -0.39 is 0 Å². The van der Waals surface area contributed by atoms with Crippen LogP contribution in [-0.2, 0) is 7.05 Å². The van der Waals surface area contributed by atoms with Crippen LogP contribution in [0.1, 0.15) is 29.4 Å². The van der Waals surface area contributed by atoms with Crippen molar-refractivity contribution in [2.75, 3.05) is 13.7 Å². The van der Waals surface area contributed by atoms with Crippen LogP contribution in [0.5, 0.6) is 0 Å². The summed E-state index contributed by atoms with van der Waals surface area (Å²) >= 11 is 0. The minimum absolute atomic E-state index is 0.194. The number of rotatable bonds is 4. The van der Waals surface area contributed by atoms with Crippen LogP contribution in [0.2, 0.25) is 0 Å². The van der Waals surface area contributed by atoms with Gasteiger partial charge in [0, 0.05) is 31.0 Å². The van der Waals surface area contributed by atoms with Crippen LogP contribution >= 0.6 is 0 Å². The largest absolute Gasteiger partial charge is 0.396 e. The average molecular weight is 197 g/mol. The molecule has 0 spiro atoms. The van der Waals surface area contributed by atoms with E-state index in [2.05, 4.69) is 17.3 Å². The van der Waals surface area contributed by atoms with Gasteiger partial charge in [-0.3, -0.25) is 4.68 Å². The molecule has 4 heteroatoms. The highest BCUT2D eigenvalue weighted by Gasteiger charge is 2.17. The molecule has 0 amide bonds. The van der Waals surface area contributed by atoms with E-state index in [9.17, 15) is 0 Å². The Balaban J connectivity index is 3.02. The number of aromatic nitrogens is 2. The molecule has 1 rings (SSSR count). The quantitative estimate of drug-likeness (QED) is 0.746. The van der Waals surface area contributed by atoms with E-state index in [1.165, 1.54) is 5.56 Å². The SMILES string of the molecule is CNC(CCO)c1c(C)nn(C)c1C. The van der Waals surface area contributed by atoms with Crippen LogP contribution in [-0.4, -0.2) is 28.5 Å². The second-order valence-corrected chi connectivity index (χ2v) is 3.56. The Bertz CT molecular complexity index is 307. The Labute approximate surface area is 84.9 Å². The Hall–Kier alpha value is -0.870. The minimum atomic E-state index is 0.194. The maximum Gasteiger partial charge on any atom is 0.0644 e. The molecule has 0 saturated carbocycles. The van der Waals surface area contributed by atoms with Gasteiger partial charge in [-0.1, -0.05) is 0 Å². The first-order chi connectivity index (χ1) is 6.61. The van der Waals surface area contributed by atoms with Crippen molar-refractivity contribution in [2.24, 2.45) is 7.05 Å². The molecule has 1 heterocycles. The molecule has 14 heavy (non-hydrogen) atoms. The molecule has 4 nitrogen and oxygen atoms in total. The van der Waals surface area contributed by atoms with Crippen molar-refractivity contribution in [3.8, 4) is 0 Å². The molecule has 80 valence electrons. The molecule has 0 aliphatic heterocycles. The Morgan fingerprint density at radius 1 is 1.50 bits per heavy atom. The molecule has 0 aliphatic carbocycles. The summed E-state index contributed by atoms with van der Waals surface area (Å²) in [6.45, 7) is 4.25. The third-order valence-electron chi connectivity index (χ3n) is 2.68. The van der Waals surface area contributed by atoms with E-state index in [0.29, 0.717) is 0 Å². The highest BCUT2D eigenvalue weighted by molar-refractivity contribution is 5.28. The normalized spacial score (nSPS) is 13.2. The second kappa shape index (κ2) is 4.57. The fourth-order valence-electron chi connectivity index (χ4n) is 1.86. The summed E-state index contributed by atoms with van der Waals surface area (Å²) in [5.41, 5.74) is 3.41. The zero-order valence-electron chi connectivity index (χ0n) is 9.33. The van der Waals surface area contributed by atoms with Gasteiger partial charge >= 0.3 is 0 Å². The van der Waals surface area contributed by atoms with Crippen molar-refractivity contribution in [1.29, 1.82) is 0 Å². The highest BCUT2D eigenvalue weighted by Crippen LogP contribution is 2.22. The summed E-state index contributed by atoms with van der Waals surface area (Å²) in [5.74, 6) is 0. The lowest BCUT2D eigenvalue weighted by Gasteiger charge is -2.15. The van der Waals surface area contributed by atoms with Gasteiger partial charge in [0.25, 0.3) is 0 Å². The molecule has 0 bridgehead atoms. The number of hydrogen-bond acceptors (Lipinski definition) is 3. The standard InChI is InChI=1S/C10H19N3O/c1-7-10(8(2)13(4)12-7)9(11-3)5-6-14/h9,11,14H,5-6H2,1-4H3. The van der Waals surface area contributed by atoms with Crippen molar-refractivity contribution in [3.63, 3.8) is 0 Å². The van der Waals surface area contributed by atoms with Crippen molar-refractivity contribution in [3.05, 3.63) is 17.0 Å². The smallest absolute Gasteiger partial charge is 0.0644 e.